The van der Waals surface area contributed by atoms with Crippen LogP contribution in [0.1, 0.15) is 26.3 Å². The predicted molar refractivity (Wildman–Crippen MR) is 130 cm³/mol. The summed E-state index contributed by atoms with van der Waals surface area (Å²) in [6.07, 6.45) is 3.25. The molecular formula is C26H21N5O3. The van der Waals surface area contributed by atoms with Gasteiger partial charge in [0.05, 0.1) is 19.3 Å². The highest BCUT2D eigenvalue weighted by Gasteiger charge is 2.25. The number of amides is 2. The Morgan fingerprint density at radius 2 is 1.71 bits per heavy atom. The highest BCUT2D eigenvalue weighted by molar-refractivity contribution is 6.09. The number of carbonyl (C=O) groups is 2. The van der Waals surface area contributed by atoms with Crippen molar-refractivity contribution in [3.63, 3.8) is 0 Å². The van der Waals surface area contributed by atoms with Crippen molar-refractivity contribution in [1.82, 2.24) is 9.97 Å². The van der Waals surface area contributed by atoms with Crippen LogP contribution in [-0.2, 0) is 6.54 Å². The third-order valence-electron chi connectivity index (χ3n) is 5.52. The van der Waals surface area contributed by atoms with Crippen LogP contribution < -0.4 is 20.3 Å². The number of rotatable bonds is 4. The summed E-state index contributed by atoms with van der Waals surface area (Å²) in [5, 5.41) is 6.14. The van der Waals surface area contributed by atoms with Gasteiger partial charge in [0, 0.05) is 29.3 Å². The van der Waals surface area contributed by atoms with E-state index in [1.807, 2.05) is 36.4 Å². The SMILES string of the molecule is COc1ncccc1C(=O)Nc1ccc(C(=O)N2Cc3ccccc3Nc3ncccc32)cc1. The van der Waals surface area contributed by atoms with Gasteiger partial charge in [0.1, 0.15) is 5.56 Å². The zero-order valence-electron chi connectivity index (χ0n) is 18.4. The van der Waals surface area contributed by atoms with E-state index in [1.54, 1.807) is 53.7 Å². The molecule has 0 fully saturated rings. The first kappa shape index (κ1) is 21.1. The van der Waals surface area contributed by atoms with Gasteiger partial charge in [-0.15, -0.1) is 0 Å². The predicted octanol–water partition coefficient (Wildman–Crippen LogP) is 4.64. The number of fused-ring (bicyclic) bond motifs is 2. The van der Waals surface area contributed by atoms with Crippen LogP contribution in [-0.4, -0.2) is 28.9 Å². The summed E-state index contributed by atoms with van der Waals surface area (Å²) in [7, 11) is 1.46. The molecule has 0 saturated heterocycles. The van der Waals surface area contributed by atoms with Gasteiger partial charge in [0.2, 0.25) is 5.88 Å². The molecule has 0 radical (unpaired) electrons. The third-order valence-corrected chi connectivity index (χ3v) is 5.52. The fourth-order valence-corrected chi connectivity index (χ4v) is 3.83. The molecule has 4 aromatic rings. The van der Waals surface area contributed by atoms with E-state index in [-0.39, 0.29) is 17.7 Å². The molecule has 0 unspecified atom stereocenters. The summed E-state index contributed by atoms with van der Waals surface area (Å²) in [5.74, 6) is 0.350. The lowest BCUT2D eigenvalue weighted by Gasteiger charge is -2.22. The lowest BCUT2D eigenvalue weighted by Crippen LogP contribution is -2.30. The van der Waals surface area contributed by atoms with E-state index < -0.39 is 0 Å². The number of hydrogen-bond acceptors (Lipinski definition) is 6. The molecule has 2 aromatic carbocycles. The molecule has 0 bridgehead atoms. The van der Waals surface area contributed by atoms with Crippen molar-refractivity contribution in [2.75, 3.05) is 22.6 Å². The molecule has 168 valence electrons. The molecule has 5 rings (SSSR count). The molecule has 0 saturated carbocycles. The molecule has 2 N–H and O–H groups in total. The molecule has 0 aliphatic carbocycles. The zero-order valence-corrected chi connectivity index (χ0v) is 18.4. The number of anilines is 4. The second-order valence-electron chi connectivity index (χ2n) is 7.64. The first-order chi connectivity index (χ1) is 16.6. The Morgan fingerprint density at radius 1 is 0.941 bits per heavy atom. The van der Waals surface area contributed by atoms with Gasteiger partial charge in [-0.2, -0.15) is 0 Å². The number of hydrogen-bond donors (Lipinski definition) is 2. The largest absolute Gasteiger partial charge is 0.480 e. The van der Waals surface area contributed by atoms with Crippen molar-refractivity contribution in [2.45, 2.75) is 6.54 Å². The van der Waals surface area contributed by atoms with Gasteiger partial charge in [-0.25, -0.2) is 9.97 Å². The summed E-state index contributed by atoms with van der Waals surface area (Å²) in [6, 6.07) is 21.6. The van der Waals surface area contributed by atoms with Gasteiger partial charge in [0.15, 0.2) is 5.82 Å². The van der Waals surface area contributed by atoms with Crippen molar-refractivity contribution in [1.29, 1.82) is 0 Å². The molecule has 2 amide bonds. The molecule has 1 aliphatic rings. The number of benzene rings is 2. The van der Waals surface area contributed by atoms with Gasteiger partial charge in [-0.1, -0.05) is 18.2 Å². The van der Waals surface area contributed by atoms with Gasteiger partial charge >= 0.3 is 0 Å². The molecular weight excluding hydrogens is 430 g/mol. The van der Waals surface area contributed by atoms with E-state index >= 15 is 0 Å². The monoisotopic (exact) mass is 451 g/mol. The van der Waals surface area contributed by atoms with Crippen LogP contribution in [0.5, 0.6) is 5.88 Å². The number of carbonyl (C=O) groups excluding carboxylic acids is 2. The first-order valence-electron chi connectivity index (χ1n) is 10.7. The van der Waals surface area contributed by atoms with Gasteiger partial charge in [0.25, 0.3) is 11.8 Å². The average molecular weight is 451 g/mol. The fourth-order valence-electron chi connectivity index (χ4n) is 3.83. The number of pyridine rings is 2. The maximum Gasteiger partial charge on any atom is 0.261 e. The van der Waals surface area contributed by atoms with Crippen molar-refractivity contribution in [3.8, 4) is 5.88 Å². The zero-order chi connectivity index (χ0) is 23.5. The minimum absolute atomic E-state index is 0.167. The summed E-state index contributed by atoms with van der Waals surface area (Å²) < 4.78 is 5.15. The fraction of sp³-hybridized carbons (Fsp3) is 0.0769. The van der Waals surface area contributed by atoms with Crippen molar-refractivity contribution >= 4 is 34.7 Å². The van der Waals surface area contributed by atoms with E-state index in [1.165, 1.54) is 7.11 Å². The Balaban J connectivity index is 1.39. The Morgan fingerprint density at radius 3 is 2.53 bits per heavy atom. The van der Waals surface area contributed by atoms with Crippen LogP contribution in [0.25, 0.3) is 0 Å². The van der Waals surface area contributed by atoms with E-state index in [9.17, 15) is 9.59 Å². The van der Waals surface area contributed by atoms with Gasteiger partial charge in [-0.05, 0) is 60.2 Å². The maximum atomic E-state index is 13.5. The van der Waals surface area contributed by atoms with Crippen LogP contribution in [0, 0.1) is 0 Å². The standard InChI is InChI=1S/C26H21N5O3/c1-34-25-20(7-4-15-28-25)24(32)29-19-12-10-17(11-13-19)26(33)31-16-18-6-2-3-8-21(18)30-23-22(31)9-5-14-27-23/h2-15H,16H2,1H3,(H,27,30)(H,29,32). The number of ether oxygens (including phenoxy) is 1. The smallest absolute Gasteiger partial charge is 0.261 e. The summed E-state index contributed by atoms with van der Waals surface area (Å²) in [5.41, 5.74) is 3.98. The molecule has 8 heteroatoms. The van der Waals surface area contributed by atoms with Crippen LogP contribution >= 0.6 is 0 Å². The molecule has 8 nitrogen and oxygen atoms in total. The van der Waals surface area contributed by atoms with Gasteiger partial charge < -0.3 is 20.3 Å². The molecule has 0 spiro atoms. The minimum atomic E-state index is -0.348. The maximum absolute atomic E-state index is 13.5. The number of nitrogens with one attached hydrogen (secondary N) is 2. The van der Waals surface area contributed by atoms with Crippen LogP contribution in [0.2, 0.25) is 0 Å². The number of para-hydroxylation sites is 1. The van der Waals surface area contributed by atoms with Gasteiger partial charge in [-0.3, -0.25) is 9.59 Å². The van der Waals surface area contributed by atoms with Crippen molar-refractivity contribution in [3.05, 3.63) is 102 Å². The first-order valence-corrected chi connectivity index (χ1v) is 10.7. The topological polar surface area (TPSA) is 96.4 Å². The Hall–Kier alpha value is -4.72. The van der Waals surface area contributed by atoms with Crippen LogP contribution in [0.15, 0.2) is 85.2 Å². The molecule has 2 aromatic heterocycles. The lowest BCUT2D eigenvalue weighted by atomic mass is 10.1. The van der Waals surface area contributed by atoms with Crippen LogP contribution in [0.3, 0.4) is 0 Å². The number of aromatic nitrogens is 2. The second-order valence-corrected chi connectivity index (χ2v) is 7.64. The van der Waals surface area contributed by atoms with Crippen molar-refractivity contribution in [2.24, 2.45) is 0 Å². The number of nitrogens with zero attached hydrogens (tertiary/aromatic N) is 3. The quantitative estimate of drug-likeness (QED) is 0.469. The summed E-state index contributed by atoms with van der Waals surface area (Å²) >= 11 is 0. The van der Waals surface area contributed by atoms with E-state index in [0.29, 0.717) is 34.9 Å². The van der Waals surface area contributed by atoms with E-state index in [4.69, 9.17) is 4.74 Å². The second kappa shape index (κ2) is 9.03. The molecule has 1 aliphatic heterocycles. The minimum Gasteiger partial charge on any atom is -0.480 e. The Kier molecular flexibility index (Phi) is 5.61. The van der Waals surface area contributed by atoms with E-state index in [0.717, 1.165) is 11.3 Å². The Labute approximate surface area is 196 Å². The highest BCUT2D eigenvalue weighted by Crippen LogP contribution is 2.34. The molecule has 34 heavy (non-hydrogen) atoms. The highest BCUT2D eigenvalue weighted by atomic mass is 16.5. The normalized spacial score (nSPS) is 12.0. The lowest BCUT2D eigenvalue weighted by molar-refractivity contribution is 0.0984. The van der Waals surface area contributed by atoms with Crippen LogP contribution in [0.4, 0.5) is 22.9 Å². The van der Waals surface area contributed by atoms with E-state index in [2.05, 4.69) is 20.6 Å². The summed E-state index contributed by atoms with van der Waals surface area (Å²) in [6.45, 7) is 0.403. The molecule has 3 heterocycles. The summed E-state index contributed by atoms with van der Waals surface area (Å²) in [4.78, 5) is 36.3. The Bertz CT molecular complexity index is 1370. The van der Waals surface area contributed by atoms with Crippen molar-refractivity contribution < 1.29 is 14.3 Å². The average Bonchev–Trinajstić information content (AvgIpc) is 3.05. The third kappa shape index (κ3) is 4.04. The number of methoxy groups -OCH3 is 1. The molecule has 0 atom stereocenters.